The van der Waals surface area contributed by atoms with Crippen LogP contribution in [0.15, 0.2) is 18.3 Å². The number of sulfone groups is 1. The molecule has 2 N–H and O–H groups in total. The molecule has 0 saturated carbocycles. The largest absolute Gasteiger partial charge is 0.370 e. The molecule has 6 nitrogen and oxygen atoms in total. The maximum absolute atomic E-state index is 12.0. The molecule has 0 aromatic carbocycles. The van der Waals surface area contributed by atoms with Crippen molar-refractivity contribution in [1.82, 2.24) is 10.3 Å². The summed E-state index contributed by atoms with van der Waals surface area (Å²) in [5, 5.41) is 5.77. The molecule has 19 heavy (non-hydrogen) atoms. The van der Waals surface area contributed by atoms with Crippen LogP contribution in [0.1, 0.15) is 23.7 Å². The summed E-state index contributed by atoms with van der Waals surface area (Å²) in [6.45, 7) is 2.66. The maximum Gasteiger partial charge on any atom is 0.251 e. The van der Waals surface area contributed by atoms with Crippen molar-refractivity contribution in [2.24, 2.45) is 0 Å². The summed E-state index contributed by atoms with van der Waals surface area (Å²) in [5.74, 6) is 0.554. The number of pyridine rings is 1. The topological polar surface area (TPSA) is 88.2 Å². The van der Waals surface area contributed by atoms with Gasteiger partial charge in [0.2, 0.25) is 0 Å². The zero-order valence-corrected chi connectivity index (χ0v) is 11.5. The predicted molar refractivity (Wildman–Crippen MR) is 72.9 cm³/mol. The smallest absolute Gasteiger partial charge is 0.251 e. The van der Waals surface area contributed by atoms with Gasteiger partial charge in [0.25, 0.3) is 5.91 Å². The Hall–Kier alpha value is -1.63. The van der Waals surface area contributed by atoms with Gasteiger partial charge < -0.3 is 10.6 Å². The SMILES string of the molecule is CCNc1cc(C(=O)NC2CCS(=O)(=O)C2)ccn1. The third-order valence-corrected chi connectivity index (χ3v) is 4.72. The van der Waals surface area contributed by atoms with E-state index >= 15 is 0 Å². The molecule has 1 unspecified atom stereocenters. The van der Waals surface area contributed by atoms with E-state index in [0.29, 0.717) is 17.8 Å². The van der Waals surface area contributed by atoms with Gasteiger partial charge in [-0.25, -0.2) is 13.4 Å². The Morgan fingerprint density at radius 3 is 2.95 bits per heavy atom. The van der Waals surface area contributed by atoms with E-state index in [2.05, 4.69) is 15.6 Å². The standard InChI is InChI=1S/C12H17N3O3S/c1-2-13-11-7-9(3-5-14-11)12(16)15-10-4-6-19(17,18)8-10/h3,5,7,10H,2,4,6,8H2,1H3,(H,13,14)(H,15,16). The van der Waals surface area contributed by atoms with E-state index in [9.17, 15) is 13.2 Å². The number of hydrogen-bond donors (Lipinski definition) is 2. The molecule has 104 valence electrons. The van der Waals surface area contributed by atoms with Crippen LogP contribution in [0.5, 0.6) is 0 Å². The van der Waals surface area contributed by atoms with Crippen LogP contribution in [-0.2, 0) is 9.84 Å². The molecule has 2 heterocycles. The van der Waals surface area contributed by atoms with E-state index in [1.807, 2.05) is 6.92 Å². The van der Waals surface area contributed by atoms with Gasteiger partial charge in [-0.3, -0.25) is 4.79 Å². The highest BCUT2D eigenvalue weighted by molar-refractivity contribution is 7.91. The van der Waals surface area contributed by atoms with Crippen LogP contribution in [0.2, 0.25) is 0 Å². The fourth-order valence-corrected chi connectivity index (χ4v) is 3.70. The zero-order valence-electron chi connectivity index (χ0n) is 10.7. The molecule has 0 spiro atoms. The van der Waals surface area contributed by atoms with E-state index in [0.717, 1.165) is 6.54 Å². The number of aromatic nitrogens is 1. The first-order chi connectivity index (χ1) is 9.00. The number of carbonyl (C=O) groups excluding carboxylic acids is 1. The highest BCUT2D eigenvalue weighted by Crippen LogP contribution is 2.13. The molecule has 0 aliphatic carbocycles. The monoisotopic (exact) mass is 283 g/mol. The summed E-state index contributed by atoms with van der Waals surface area (Å²) < 4.78 is 22.7. The second-order valence-corrected chi connectivity index (χ2v) is 6.76. The van der Waals surface area contributed by atoms with Gasteiger partial charge in [0.05, 0.1) is 11.5 Å². The van der Waals surface area contributed by atoms with Crippen molar-refractivity contribution in [3.05, 3.63) is 23.9 Å². The van der Waals surface area contributed by atoms with Gasteiger partial charge >= 0.3 is 0 Å². The number of nitrogens with one attached hydrogen (secondary N) is 2. The Morgan fingerprint density at radius 1 is 1.53 bits per heavy atom. The third kappa shape index (κ3) is 3.66. The van der Waals surface area contributed by atoms with Gasteiger partial charge in [-0.2, -0.15) is 0 Å². The average Bonchev–Trinajstić information content (AvgIpc) is 2.69. The molecule has 1 aromatic rings. The minimum absolute atomic E-state index is 0.0316. The zero-order chi connectivity index (χ0) is 13.9. The van der Waals surface area contributed by atoms with E-state index in [1.165, 1.54) is 0 Å². The summed E-state index contributed by atoms with van der Waals surface area (Å²) in [4.78, 5) is 16.1. The second-order valence-electron chi connectivity index (χ2n) is 4.53. The lowest BCUT2D eigenvalue weighted by Gasteiger charge is -2.11. The fraction of sp³-hybridized carbons (Fsp3) is 0.500. The Morgan fingerprint density at radius 2 is 2.32 bits per heavy atom. The molecule has 1 aromatic heterocycles. The first-order valence-electron chi connectivity index (χ1n) is 6.21. The van der Waals surface area contributed by atoms with Crippen LogP contribution < -0.4 is 10.6 Å². The van der Waals surface area contributed by atoms with E-state index < -0.39 is 9.84 Å². The minimum Gasteiger partial charge on any atom is -0.370 e. The summed E-state index contributed by atoms with van der Waals surface area (Å²) in [6, 6.07) is 2.98. The van der Waals surface area contributed by atoms with Gasteiger partial charge in [-0.15, -0.1) is 0 Å². The number of anilines is 1. The van der Waals surface area contributed by atoms with Crippen molar-refractivity contribution in [2.45, 2.75) is 19.4 Å². The van der Waals surface area contributed by atoms with Gasteiger partial charge in [0.15, 0.2) is 9.84 Å². The van der Waals surface area contributed by atoms with Crippen molar-refractivity contribution in [3.63, 3.8) is 0 Å². The molecular weight excluding hydrogens is 266 g/mol. The number of nitrogens with zero attached hydrogens (tertiary/aromatic N) is 1. The number of hydrogen-bond acceptors (Lipinski definition) is 5. The van der Waals surface area contributed by atoms with Crippen molar-refractivity contribution in [2.75, 3.05) is 23.4 Å². The normalized spacial score (nSPS) is 21.0. The maximum atomic E-state index is 12.0. The Labute approximate surface area is 112 Å². The lowest BCUT2D eigenvalue weighted by Crippen LogP contribution is -2.35. The molecule has 1 saturated heterocycles. The van der Waals surface area contributed by atoms with E-state index in [-0.39, 0.29) is 23.5 Å². The van der Waals surface area contributed by atoms with Crippen molar-refractivity contribution in [1.29, 1.82) is 0 Å². The summed E-state index contributed by atoms with van der Waals surface area (Å²) in [5.41, 5.74) is 0.482. The fourth-order valence-electron chi connectivity index (χ4n) is 2.03. The molecule has 1 aliphatic heterocycles. The van der Waals surface area contributed by atoms with E-state index in [1.54, 1.807) is 18.3 Å². The van der Waals surface area contributed by atoms with Crippen LogP contribution >= 0.6 is 0 Å². The van der Waals surface area contributed by atoms with Crippen LogP contribution in [0, 0.1) is 0 Å². The van der Waals surface area contributed by atoms with Crippen molar-refractivity contribution < 1.29 is 13.2 Å². The quantitative estimate of drug-likeness (QED) is 0.836. The van der Waals surface area contributed by atoms with Crippen LogP contribution in [-0.4, -0.2) is 43.4 Å². The van der Waals surface area contributed by atoms with E-state index in [4.69, 9.17) is 0 Å². The molecule has 0 bridgehead atoms. The first kappa shape index (κ1) is 13.8. The van der Waals surface area contributed by atoms with Gasteiger partial charge in [-0.05, 0) is 25.5 Å². The van der Waals surface area contributed by atoms with Gasteiger partial charge in [0, 0.05) is 24.3 Å². The minimum atomic E-state index is -2.98. The summed E-state index contributed by atoms with van der Waals surface area (Å²) >= 11 is 0. The van der Waals surface area contributed by atoms with Crippen LogP contribution in [0.3, 0.4) is 0 Å². The third-order valence-electron chi connectivity index (χ3n) is 2.95. The lowest BCUT2D eigenvalue weighted by molar-refractivity contribution is 0.0941. The Balaban J connectivity index is 2.02. The first-order valence-corrected chi connectivity index (χ1v) is 8.03. The summed E-state index contributed by atoms with van der Waals surface area (Å²) in [6.07, 6.45) is 2.04. The van der Waals surface area contributed by atoms with Gasteiger partial charge in [0.1, 0.15) is 5.82 Å². The molecule has 1 amide bonds. The molecule has 7 heteroatoms. The van der Waals surface area contributed by atoms with Crippen molar-refractivity contribution in [3.8, 4) is 0 Å². The van der Waals surface area contributed by atoms with Crippen LogP contribution in [0.25, 0.3) is 0 Å². The lowest BCUT2D eigenvalue weighted by atomic mass is 10.2. The second kappa shape index (κ2) is 5.56. The average molecular weight is 283 g/mol. The molecule has 1 aliphatic rings. The molecule has 1 atom stereocenters. The Kier molecular flexibility index (Phi) is 4.04. The predicted octanol–water partition coefficient (Wildman–Crippen LogP) is 0.430. The van der Waals surface area contributed by atoms with Crippen LogP contribution in [0.4, 0.5) is 5.82 Å². The number of carbonyl (C=O) groups is 1. The number of amides is 1. The molecule has 1 fully saturated rings. The number of rotatable bonds is 4. The van der Waals surface area contributed by atoms with Gasteiger partial charge in [-0.1, -0.05) is 0 Å². The Bertz CT molecular complexity index is 571. The highest BCUT2D eigenvalue weighted by atomic mass is 32.2. The summed E-state index contributed by atoms with van der Waals surface area (Å²) in [7, 11) is -2.98. The van der Waals surface area contributed by atoms with Crippen molar-refractivity contribution >= 4 is 21.6 Å². The highest BCUT2D eigenvalue weighted by Gasteiger charge is 2.29. The molecular formula is C12H17N3O3S. The molecule has 2 rings (SSSR count). The molecule has 0 radical (unpaired) electrons.